The lowest BCUT2D eigenvalue weighted by Gasteiger charge is -2.31. The van der Waals surface area contributed by atoms with Gasteiger partial charge in [0.05, 0.1) is 60.8 Å². The van der Waals surface area contributed by atoms with Crippen molar-refractivity contribution < 1.29 is 82.9 Å². The highest BCUT2D eigenvalue weighted by molar-refractivity contribution is 7.90. The molecule has 4 unspecified atom stereocenters. The molecule has 710 valence electrons. The standard InChI is InChI=1S/C28H30ClNO5S.C28H32N2O5S.C25H26ClNO4S.C24H24ClNO4S/c1-4-25(21-8-6-5-7-9-21)30(36(34,35)24-16-14-23(29)15-17-24)19-20-10-12-22(13-11-20)26(31)18-28(2,3)27(32)33;1-5-25(22-9-7-6-8-10-22)30(36(34,35)24-16-11-20(2)29-18-24)19-21-12-14-23(15-13-21)26(31)17-28(3,4)27(32)33;1-3-18-5-9-20(10-6-18)24(4-2)27(17-19-7-11-21(12-8-19)25(28)29)32(30,31)23-15-13-22(26)14-16-23;1-3-23(19-8-4-17(2)5-9-19)26(16-18-6-10-20(11-7-18)24(27)28)31(29,30)22-14-12-21(25)13-15-22/h5-17,25H,4,18-19H2,1-3H3,(H,32,33);6-16,18,25H,5,17,19H2,1-4H3,(H,32,33);5-16,24H,3-4,17H2,1-2H3,(H,28,29);4-15,23H,3,16H2,1-2H3,(H,27,28). The summed E-state index contributed by atoms with van der Waals surface area (Å²) >= 11 is 17.9. The first-order valence-corrected chi connectivity index (χ1v) is 50.7. The third-order valence-electron chi connectivity index (χ3n) is 23.0. The van der Waals surface area contributed by atoms with Crippen molar-refractivity contribution in [3.63, 3.8) is 0 Å². The number of aliphatic carboxylic acids is 2. The molecular formula is C105H112Cl3N5O18S4. The van der Waals surface area contributed by atoms with Crippen LogP contribution in [0.15, 0.2) is 317 Å². The van der Waals surface area contributed by atoms with Crippen molar-refractivity contribution in [2.75, 3.05) is 0 Å². The van der Waals surface area contributed by atoms with Crippen LogP contribution in [-0.4, -0.2) is 112 Å². The van der Waals surface area contributed by atoms with Crippen LogP contribution in [0.3, 0.4) is 0 Å². The molecule has 0 aliphatic carbocycles. The van der Waals surface area contributed by atoms with Gasteiger partial charge in [-0.3, -0.25) is 24.2 Å². The Kier molecular flexibility index (Phi) is 38.2. The largest absolute Gasteiger partial charge is 0.481 e. The van der Waals surface area contributed by atoms with Gasteiger partial charge in [-0.25, -0.2) is 43.3 Å². The van der Waals surface area contributed by atoms with Crippen LogP contribution < -0.4 is 0 Å². The number of pyridine rings is 1. The molecule has 1 aromatic heterocycles. The second-order valence-corrected chi connectivity index (χ2v) is 42.6. The lowest BCUT2D eigenvalue weighted by Crippen LogP contribution is -2.34. The maximum atomic E-state index is 13.8. The number of aromatic carboxylic acids is 2. The molecule has 0 fully saturated rings. The van der Waals surface area contributed by atoms with Crippen molar-refractivity contribution in [3.8, 4) is 0 Å². The highest BCUT2D eigenvalue weighted by Gasteiger charge is 2.39. The predicted molar refractivity (Wildman–Crippen MR) is 527 cm³/mol. The molecule has 12 aromatic rings. The number of hydrogen-bond donors (Lipinski definition) is 4. The SMILES string of the molecule is CCC(c1ccc(C)cc1)N(Cc1ccc(C(=O)O)cc1)S(=O)(=O)c1ccc(Cl)cc1.CCC(c1ccccc1)N(Cc1ccc(C(=O)CC(C)(C)C(=O)O)cc1)S(=O)(=O)c1ccc(C)nc1.CCC(c1ccccc1)N(Cc1ccc(C(=O)CC(C)(C)C(=O)O)cc1)S(=O)(=O)c1ccc(Cl)cc1.CCc1ccc(C(CC)N(Cc2ccc(C(=O)O)cc2)S(=O)(=O)c2ccc(Cl)cc2)cc1. The first-order valence-electron chi connectivity index (χ1n) is 43.8. The summed E-state index contributed by atoms with van der Waals surface area (Å²) in [5.41, 5.74) is 8.11. The van der Waals surface area contributed by atoms with E-state index < -0.39 is 86.9 Å². The van der Waals surface area contributed by atoms with E-state index in [2.05, 4.69) is 11.9 Å². The molecule has 11 aromatic carbocycles. The minimum atomic E-state index is -3.90. The number of carboxylic acids is 4. The first-order chi connectivity index (χ1) is 63.9. The lowest BCUT2D eigenvalue weighted by atomic mass is 9.85. The van der Waals surface area contributed by atoms with Crippen molar-refractivity contribution in [3.05, 3.63) is 396 Å². The van der Waals surface area contributed by atoms with Gasteiger partial charge in [-0.1, -0.05) is 257 Å². The maximum absolute atomic E-state index is 13.8. The zero-order valence-corrected chi connectivity index (χ0v) is 82.4. The van der Waals surface area contributed by atoms with Crippen LogP contribution in [0, 0.1) is 24.7 Å². The summed E-state index contributed by atoms with van der Waals surface area (Å²) in [7, 11) is -15.5. The molecule has 4 atom stereocenters. The number of ketones is 2. The molecule has 0 amide bonds. The van der Waals surface area contributed by atoms with Gasteiger partial charge >= 0.3 is 23.9 Å². The number of carbonyl (C=O) groups excluding carboxylic acids is 2. The number of Topliss-reactive ketones (excluding diaryl/α,β-unsaturated/α-hetero) is 2. The van der Waals surface area contributed by atoms with E-state index in [1.54, 1.807) is 128 Å². The molecule has 0 saturated carbocycles. The molecule has 23 nitrogen and oxygen atoms in total. The summed E-state index contributed by atoms with van der Waals surface area (Å²) in [5.74, 6) is -4.68. The average molecular weight is 1970 g/mol. The van der Waals surface area contributed by atoms with Crippen LogP contribution >= 0.6 is 34.8 Å². The van der Waals surface area contributed by atoms with Gasteiger partial charge in [0.2, 0.25) is 40.1 Å². The highest BCUT2D eigenvalue weighted by atomic mass is 35.5. The fraction of sp³-hybridized carbons (Fsp3) is 0.267. The number of carboxylic acid groups (broad SMARTS) is 4. The van der Waals surface area contributed by atoms with E-state index in [1.165, 1.54) is 117 Å². The Morgan fingerprint density at radius 3 is 0.800 bits per heavy atom. The highest BCUT2D eigenvalue weighted by Crippen LogP contribution is 2.39. The van der Waals surface area contributed by atoms with Crippen molar-refractivity contribution in [2.24, 2.45) is 10.8 Å². The Morgan fingerprint density at radius 1 is 0.311 bits per heavy atom. The van der Waals surface area contributed by atoms with Crippen LogP contribution in [0.4, 0.5) is 0 Å². The molecule has 0 spiro atoms. The number of aromatic nitrogens is 1. The third kappa shape index (κ3) is 28.7. The minimum absolute atomic E-state index is 0.0907. The van der Waals surface area contributed by atoms with Crippen LogP contribution in [0.5, 0.6) is 0 Å². The fourth-order valence-electron chi connectivity index (χ4n) is 14.9. The Hall–Kier alpha value is -11.7. The zero-order valence-electron chi connectivity index (χ0n) is 76.9. The summed E-state index contributed by atoms with van der Waals surface area (Å²) in [6.45, 7) is 20.1. The average Bonchev–Trinajstić information content (AvgIpc) is 0.794. The van der Waals surface area contributed by atoms with Gasteiger partial charge in [-0.15, -0.1) is 0 Å². The van der Waals surface area contributed by atoms with Crippen molar-refractivity contribution in [1.82, 2.24) is 22.2 Å². The van der Waals surface area contributed by atoms with E-state index in [-0.39, 0.29) is 93.4 Å². The molecule has 0 aliphatic rings. The van der Waals surface area contributed by atoms with E-state index in [0.717, 1.165) is 39.9 Å². The number of carbonyl (C=O) groups is 6. The number of nitrogens with zero attached hydrogens (tertiary/aromatic N) is 5. The molecule has 0 radical (unpaired) electrons. The molecule has 135 heavy (non-hydrogen) atoms. The molecule has 4 N–H and O–H groups in total. The first kappa shape index (κ1) is 107. The molecule has 30 heteroatoms. The van der Waals surface area contributed by atoms with Crippen molar-refractivity contribution in [1.29, 1.82) is 0 Å². The normalized spacial score (nSPS) is 12.8. The number of rotatable bonds is 39. The summed E-state index contributed by atoms with van der Waals surface area (Å²) in [6, 6.07) is 80.6. The van der Waals surface area contributed by atoms with Crippen molar-refractivity contribution in [2.45, 2.75) is 191 Å². The Morgan fingerprint density at radius 2 is 0.556 bits per heavy atom. The second kappa shape index (κ2) is 48.2. The monoisotopic (exact) mass is 1960 g/mol. The van der Waals surface area contributed by atoms with Crippen LogP contribution in [0.2, 0.25) is 15.1 Å². The van der Waals surface area contributed by atoms with Crippen LogP contribution in [-0.2, 0) is 82.3 Å². The van der Waals surface area contributed by atoms with Crippen LogP contribution in [0.1, 0.15) is 228 Å². The maximum Gasteiger partial charge on any atom is 0.335 e. The summed E-state index contributed by atoms with van der Waals surface area (Å²) in [4.78, 5) is 75.1. The predicted octanol–water partition coefficient (Wildman–Crippen LogP) is 23.4. The number of hydrogen-bond acceptors (Lipinski definition) is 15. The molecule has 0 saturated heterocycles. The smallest absolute Gasteiger partial charge is 0.335 e. The summed E-state index contributed by atoms with van der Waals surface area (Å²) < 4.78 is 116. The van der Waals surface area contributed by atoms with Gasteiger partial charge in [0.25, 0.3) is 0 Å². The number of sulfonamides is 4. The van der Waals surface area contributed by atoms with Gasteiger partial charge in [0, 0.05) is 77.1 Å². The van der Waals surface area contributed by atoms with E-state index in [4.69, 9.17) is 45.0 Å². The van der Waals surface area contributed by atoms with Gasteiger partial charge in [0.1, 0.15) is 4.90 Å². The van der Waals surface area contributed by atoms with E-state index in [9.17, 15) is 72.7 Å². The molecule has 12 rings (SSSR count). The van der Waals surface area contributed by atoms with Gasteiger partial charge in [0.15, 0.2) is 11.6 Å². The van der Waals surface area contributed by atoms with Crippen molar-refractivity contribution >= 4 is 110 Å². The topological polar surface area (TPSA) is 346 Å². The molecule has 0 aliphatic heterocycles. The fourth-order valence-corrected chi connectivity index (χ4v) is 22.0. The Bertz CT molecular complexity index is 6290. The van der Waals surface area contributed by atoms with Gasteiger partial charge in [-0.05, 0) is 233 Å². The number of benzene rings is 11. The van der Waals surface area contributed by atoms with E-state index >= 15 is 0 Å². The van der Waals surface area contributed by atoms with Gasteiger partial charge < -0.3 is 20.4 Å². The quantitative estimate of drug-likeness (QED) is 0.0260. The Balaban J connectivity index is 0.000000202. The third-order valence-corrected chi connectivity index (χ3v) is 31.2. The number of halogens is 3. The molecular weight excluding hydrogens is 1850 g/mol. The lowest BCUT2D eigenvalue weighted by molar-refractivity contribution is -0.147. The minimum Gasteiger partial charge on any atom is -0.481 e. The molecule has 1 heterocycles. The van der Waals surface area contributed by atoms with E-state index in [1.807, 2.05) is 144 Å². The van der Waals surface area contributed by atoms with Gasteiger partial charge in [-0.2, -0.15) is 17.2 Å². The van der Waals surface area contributed by atoms with E-state index in [0.29, 0.717) is 74.1 Å². The number of aryl methyl sites for hydroxylation is 3. The summed E-state index contributed by atoms with van der Waals surface area (Å²) in [5, 5.41) is 38.3. The summed E-state index contributed by atoms with van der Waals surface area (Å²) in [6.07, 6.45) is 4.27. The molecule has 0 bridgehead atoms. The second-order valence-electron chi connectivity index (χ2n) is 33.7. The Labute approximate surface area is 807 Å². The van der Waals surface area contributed by atoms with Crippen LogP contribution in [0.25, 0.3) is 0 Å². The zero-order chi connectivity index (χ0) is 98.9.